The number of fused-ring (bicyclic) bond motifs is 4. The van der Waals surface area contributed by atoms with Crippen molar-refractivity contribution in [3.05, 3.63) is 66.6 Å². The lowest BCUT2D eigenvalue weighted by molar-refractivity contribution is -0.453. The number of anilines is 2. The van der Waals surface area contributed by atoms with Crippen molar-refractivity contribution in [2.45, 2.75) is 47.1 Å². The van der Waals surface area contributed by atoms with E-state index in [1.54, 1.807) is 40.5 Å². The summed E-state index contributed by atoms with van der Waals surface area (Å²) in [5, 5.41) is 9.72. The van der Waals surface area contributed by atoms with Gasteiger partial charge in [0.1, 0.15) is 41.6 Å². The molecule has 0 aliphatic carbocycles. The minimum absolute atomic E-state index is 0.232. The van der Waals surface area contributed by atoms with Crippen LogP contribution in [0.4, 0.5) is 26.4 Å². The van der Waals surface area contributed by atoms with E-state index in [1.807, 2.05) is 59.8 Å². The Morgan fingerprint density at radius 1 is 1.19 bits per heavy atom. The van der Waals surface area contributed by atoms with Crippen molar-refractivity contribution in [1.29, 1.82) is 0 Å². The van der Waals surface area contributed by atoms with Crippen LogP contribution < -0.4 is 14.8 Å². The molecule has 1 N–H and O–H groups in total. The molecule has 4 heterocycles. The molecule has 2 aromatic carbocycles. The third kappa shape index (κ3) is 8.05. The Morgan fingerprint density at radius 3 is 2.66 bits per heavy atom. The third-order valence-corrected chi connectivity index (χ3v) is 6.99. The van der Waals surface area contributed by atoms with Gasteiger partial charge in [0.2, 0.25) is 17.1 Å². The molecule has 246 valence electrons. The number of carbonyl (C=O) groups is 1. The number of rotatable bonds is 5. The van der Waals surface area contributed by atoms with Crippen LogP contribution >= 0.6 is 0 Å². The molecule has 6 rings (SSSR count). The number of nitrogens with one attached hydrogen (secondary N) is 1. The predicted octanol–water partition coefficient (Wildman–Crippen LogP) is 6.61. The Morgan fingerprint density at radius 2 is 1.98 bits per heavy atom. The van der Waals surface area contributed by atoms with Gasteiger partial charge in [0.05, 0.1) is 29.7 Å². The number of allylic oxidation sites excluding steroid dienone is 1. The number of aromatic nitrogens is 2. The number of ether oxygens (including phenoxy) is 3. The smallest absolute Gasteiger partial charge is 0.411 e. The van der Waals surface area contributed by atoms with Gasteiger partial charge in [0.15, 0.2) is 13.2 Å². The van der Waals surface area contributed by atoms with E-state index in [0.29, 0.717) is 60.2 Å². The number of halogens is 1. The zero-order chi connectivity index (χ0) is 34.1. The number of hydrazone groups is 1. The maximum absolute atomic E-state index is 15.3. The lowest BCUT2D eigenvalue weighted by Gasteiger charge is -2.31. The van der Waals surface area contributed by atoms with Gasteiger partial charge in [-0.25, -0.2) is 19.2 Å². The summed E-state index contributed by atoms with van der Waals surface area (Å²) in [6.07, 6.45) is 16.2. The van der Waals surface area contributed by atoms with Crippen molar-refractivity contribution in [2.24, 2.45) is 5.10 Å². The van der Waals surface area contributed by atoms with Gasteiger partial charge < -0.3 is 19.5 Å². The fourth-order valence-electron chi connectivity index (χ4n) is 5.09. The van der Waals surface area contributed by atoms with E-state index in [-0.39, 0.29) is 18.4 Å². The largest absolute Gasteiger partial charge is 0.475 e. The maximum atomic E-state index is 15.3. The standard InChI is InChI=1S/C31H33FN7O4.C2H6.C2H2/c1-5-35-38-12-10-21(11-13-38)42-22-6-7-24(23(32)16-22)36-29-27-25(33-19-34-29)8-9-26-28(27)41-18-20-17-37(14-15-39(20)26)30(40)43-31(2,3)4;2*1-2/h5-12,16,19H,13-15,17-18H2,1-4H3,(H,33,34,36);1-2H3;1-2H/q+1;;/b35-5-;;. The number of hydrogen-bond donors (Lipinski definition) is 1. The summed E-state index contributed by atoms with van der Waals surface area (Å²) < 4.78 is 35.1. The topological polar surface area (TPSA) is 104 Å². The summed E-state index contributed by atoms with van der Waals surface area (Å²) >= 11 is 0. The predicted molar refractivity (Wildman–Crippen MR) is 182 cm³/mol. The minimum Gasteiger partial charge on any atom is -0.475 e. The van der Waals surface area contributed by atoms with Crippen LogP contribution in [0.2, 0.25) is 0 Å². The first-order chi connectivity index (χ1) is 22.7. The van der Waals surface area contributed by atoms with E-state index in [0.717, 1.165) is 11.4 Å². The van der Waals surface area contributed by atoms with Gasteiger partial charge in [-0.2, -0.15) is 9.68 Å². The van der Waals surface area contributed by atoms with Gasteiger partial charge in [-0.15, -0.1) is 12.8 Å². The van der Waals surface area contributed by atoms with Crippen LogP contribution in [0.5, 0.6) is 11.5 Å². The molecule has 0 unspecified atom stereocenters. The SMILES string of the molecule is C#C.C/C=N\N1C=CC(Oc2ccc(Nc3ncnc4ccc5c(c34)OCC3=[N+]5CCN(C(=O)OC(C)(C)C)C3)c(F)c2)=CC1.CC. The summed E-state index contributed by atoms with van der Waals surface area (Å²) in [7, 11) is 0. The van der Waals surface area contributed by atoms with Crippen molar-refractivity contribution in [3.8, 4) is 24.3 Å². The molecule has 12 heteroatoms. The Balaban J connectivity index is 0.00000120. The zero-order valence-electron chi connectivity index (χ0n) is 27.7. The summed E-state index contributed by atoms with van der Waals surface area (Å²) in [6, 6.07) is 8.47. The molecule has 0 saturated carbocycles. The van der Waals surface area contributed by atoms with Gasteiger partial charge >= 0.3 is 6.09 Å². The molecule has 1 amide bonds. The minimum atomic E-state index is -0.569. The van der Waals surface area contributed by atoms with Gasteiger partial charge in [0.25, 0.3) is 0 Å². The Kier molecular flexibility index (Phi) is 11.2. The van der Waals surface area contributed by atoms with E-state index >= 15 is 4.39 Å². The number of benzene rings is 2. The van der Waals surface area contributed by atoms with Crippen molar-refractivity contribution >= 4 is 46.1 Å². The maximum Gasteiger partial charge on any atom is 0.411 e. The highest BCUT2D eigenvalue weighted by molar-refractivity contribution is 6.00. The molecule has 11 nitrogen and oxygen atoms in total. The lowest BCUT2D eigenvalue weighted by Crippen LogP contribution is -2.50. The molecule has 0 fully saturated rings. The summed E-state index contributed by atoms with van der Waals surface area (Å²) in [5.74, 6) is 1.50. The fraction of sp³-hybridized carbons (Fsp3) is 0.343. The zero-order valence-corrected chi connectivity index (χ0v) is 27.7. The van der Waals surface area contributed by atoms with Gasteiger partial charge in [-0.3, -0.25) is 9.91 Å². The van der Waals surface area contributed by atoms with E-state index in [1.165, 1.54) is 12.4 Å². The van der Waals surface area contributed by atoms with Gasteiger partial charge in [-0.1, -0.05) is 13.8 Å². The van der Waals surface area contributed by atoms with Crippen molar-refractivity contribution in [3.63, 3.8) is 0 Å². The molecule has 3 aliphatic heterocycles. The molecule has 0 spiro atoms. The van der Waals surface area contributed by atoms with Crippen LogP contribution in [0.15, 0.2) is 65.9 Å². The van der Waals surface area contributed by atoms with Gasteiger partial charge in [0, 0.05) is 24.5 Å². The quantitative estimate of drug-likeness (QED) is 0.188. The summed E-state index contributed by atoms with van der Waals surface area (Å²) in [6.45, 7) is 13.7. The van der Waals surface area contributed by atoms with Crippen LogP contribution in [0.3, 0.4) is 0 Å². The first-order valence-electron chi connectivity index (χ1n) is 15.4. The summed E-state index contributed by atoms with van der Waals surface area (Å²) in [4.78, 5) is 23.2. The molecule has 0 bridgehead atoms. The summed E-state index contributed by atoms with van der Waals surface area (Å²) in [5.41, 5.74) is 2.11. The van der Waals surface area contributed by atoms with Crippen LogP contribution in [0.25, 0.3) is 10.9 Å². The molecule has 1 aromatic heterocycles. The highest BCUT2D eigenvalue weighted by Gasteiger charge is 2.37. The molecule has 47 heavy (non-hydrogen) atoms. The Labute approximate surface area is 275 Å². The monoisotopic (exact) mass is 642 g/mol. The van der Waals surface area contributed by atoms with Crippen molar-refractivity contribution in [1.82, 2.24) is 19.9 Å². The number of carbonyl (C=O) groups excluding carboxylic acids is 1. The molecule has 0 radical (unpaired) electrons. The number of terminal acetylenes is 1. The molecule has 0 atom stereocenters. The van der Waals surface area contributed by atoms with Crippen molar-refractivity contribution in [2.75, 3.05) is 38.1 Å². The number of hydrogen-bond acceptors (Lipinski definition) is 9. The van der Waals surface area contributed by atoms with Crippen LogP contribution in [0, 0.1) is 18.7 Å². The highest BCUT2D eigenvalue weighted by Crippen LogP contribution is 2.41. The second-order valence-corrected chi connectivity index (χ2v) is 11.2. The Hall–Kier alpha value is -5.44. The molecule has 3 aromatic rings. The van der Waals surface area contributed by atoms with E-state index in [9.17, 15) is 4.79 Å². The second kappa shape index (κ2) is 15.2. The molecule has 0 saturated heterocycles. The van der Waals surface area contributed by atoms with Gasteiger partial charge in [-0.05, 0) is 58.0 Å². The highest BCUT2D eigenvalue weighted by atomic mass is 19.1. The lowest BCUT2D eigenvalue weighted by atomic mass is 10.1. The van der Waals surface area contributed by atoms with E-state index < -0.39 is 11.4 Å². The molecular weight excluding hydrogens is 601 g/mol. The number of nitrogens with zero attached hydrogens (tertiary/aromatic N) is 6. The van der Waals surface area contributed by atoms with E-state index in [4.69, 9.17) is 14.2 Å². The third-order valence-electron chi connectivity index (χ3n) is 6.99. The average molecular weight is 643 g/mol. The molecule has 3 aliphatic rings. The first kappa shape index (κ1) is 34.4. The van der Waals surface area contributed by atoms with Crippen LogP contribution in [-0.2, 0) is 4.74 Å². The van der Waals surface area contributed by atoms with E-state index in [2.05, 4.69) is 37.8 Å². The second-order valence-electron chi connectivity index (χ2n) is 11.2. The van der Waals surface area contributed by atoms with Crippen molar-refractivity contribution < 1.29 is 28.0 Å². The number of amides is 1. The van der Waals surface area contributed by atoms with Crippen LogP contribution in [-0.4, -0.2) is 80.9 Å². The molecular formula is C35H41FN7O4+. The van der Waals surface area contributed by atoms with Crippen LogP contribution in [0.1, 0.15) is 41.5 Å². The first-order valence-corrected chi connectivity index (χ1v) is 15.4. The fourth-order valence-corrected chi connectivity index (χ4v) is 5.09. The average Bonchev–Trinajstić information content (AvgIpc) is 3.07. The Bertz CT molecular complexity index is 1760. The normalized spacial score (nSPS) is 15.3.